The molecule has 0 unspecified atom stereocenters. The molecule has 2 fully saturated rings. The van der Waals surface area contributed by atoms with Crippen LogP contribution in [0.5, 0.6) is 0 Å². The maximum Gasteiger partial charge on any atom is 0.257 e. The fourth-order valence-electron chi connectivity index (χ4n) is 4.15. The molecule has 1 N–H and O–H groups in total. The minimum Gasteiger partial charge on any atom is -0.338 e. The zero-order chi connectivity index (χ0) is 19.8. The first kappa shape index (κ1) is 18.0. The molecule has 1 aromatic carbocycles. The van der Waals surface area contributed by atoms with Gasteiger partial charge in [-0.05, 0) is 38.2 Å². The lowest BCUT2D eigenvalue weighted by molar-refractivity contribution is 0.0705. The summed E-state index contributed by atoms with van der Waals surface area (Å²) in [6, 6.07) is 8.50. The van der Waals surface area contributed by atoms with Gasteiger partial charge < -0.3 is 4.90 Å². The molecule has 0 spiro atoms. The van der Waals surface area contributed by atoms with Crippen LogP contribution in [0.1, 0.15) is 65.0 Å². The molecule has 3 heterocycles. The molecule has 0 radical (unpaired) electrons. The van der Waals surface area contributed by atoms with Gasteiger partial charge in [-0.25, -0.2) is 9.97 Å². The van der Waals surface area contributed by atoms with Gasteiger partial charge in [0.2, 0.25) is 0 Å². The number of nitrogens with zero attached hydrogens (tertiary/aromatic N) is 4. The summed E-state index contributed by atoms with van der Waals surface area (Å²) in [5.74, 6) is 1.64. The molecule has 148 valence electrons. The summed E-state index contributed by atoms with van der Waals surface area (Å²) in [5.41, 5.74) is 5.22. The highest BCUT2D eigenvalue weighted by atomic mass is 16.2. The van der Waals surface area contributed by atoms with Crippen LogP contribution in [0.15, 0.2) is 42.9 Å². The summed E-state index contributed by atoms with van der Waals surface area (Å²) in [7, 11) is 0. The van der Waals surface area contributed by atoms with E-state index in [4.69, 9.17) is 0 Å². The fraction of sp³-hybridized carbons (Fsp3) is 0.391. The molecule has 1 saturated heterocycles. The molecule has 6 heteroatoms. The number of aromatic nitrogens is 4. The lowest BCUT2D eigenvalue weighted by atomic mass is 9.90. The molecule has 2 aromatic heterocycles. The molecular weight excluding hydrogens is 362 g/mol. The van der Waals surface area contributed by atoms with Crippen molar-refractivity contribution >= 4 is 5.91 Å². The van der Waals surface area contributed by atoms with Crippen LogP contribution < -0.4 is 0 Å². The molecule has 29 heavy (non-hydrogen) atoms. The van der Waals surface area contributed by atoms with Crippen LogP contribution in [0.2, 0.25) is 0 Å². The van der Waals surface area contributed by atoms with Gasteiger partial charge >= 0.3 is 0 Å². The van der Waals surface area contributed by atoms with Crippen molar-refractivity contribution in [3.05, 3.63) is 65.5 Å². The molecule has 6 nitrogen and oxygen atoms in total. The molecule has 1 amide bonds. The number of hydrogen-bond donors (Lipinski definition) is 1. The average Bonchev–Trinajstić information content (AvgIpc) is 3.50. The van der Waals surface area contributed by atoms with Gasteiger partial charge in [-0.3, -0.25) is 9.89 Å². The van der Waals surface area contributed by atoms with Crippen molar-refractivity contribution in [3.63, 3.8) is 0 Å². The van der Waals surface area contributed by atoms with E-state index in [2.05, 4.69) is 51.4 Å². The molecule has 1 atom stereocenters. The van der Waals surface area contributed by atoms with Gasteiger partial charge in [0.15, 0.2) is 0 Å². The second-order valence-corrected chi connectivity index (χ2v) is 8.26. The van der Waals surface area contributed by atoms with Gasteiger partial charge in [-0.2, -0.15) is 5.10 Å². The topological polar surface area (TPSA) is 74.8 Å². The summed E-state index contributed by atoms with van der Waals surface area (Å²) in [5, 5.41) is 7.51. The van der Waals surface area contributed by atoms with E-state index in [0.717, 1.165) is 54.9 Å². The smallest absolute Gasteiger partial charge is 0.257 e. The van der Waals surface area contributed by atoms with E-state index in [1.165, 1.54) is 5.56 Å². The fourth-order valence-corrected chi connectivity index (χ4v) is 4.15. The third-order valence-electron chi connectivity index (χ3n) is 6.01. The summed E-state index contributed by atoms with van der Waals surface area (Å²) in [6.07, 6.45) is 9.63. The number of hydrogen-bond acceptors (Lipinski definition) is 4. The molecule has 1 saturated carbocycles. The Kier molecular flexibility index (Phi) is 4.62. The van der Waals surface area contributed by atoms with E-state index < -0.39 is 0 Å². The van der Waals surface area contributed by atoms with Crippen LogP contribution in [0.25, 0.3) is 11.1 Å². The molecule has 3 aromatic rings. The Hall–Kier alpha value is -3.02. The van der Waals surface area contributed by atoms with Gasteiger partial charge in [0.1, 0.15) is 5.82 Å². The number of amides is 1. The monoisotopic (exact) mass is 387 g/mol. The Morgan fingerprint density at radius 3 is 2.52 bits per heavy atom. The van der Waals surface area contributed by atoms with Crippen LogP contribution in [0.4, 0.5) is 0 Å². The number of benzene rings is 1. The molecular formula is C23H25N5O. The second kappa shape index (κ2) is 7.43. The number of aryl methyl sites for hydroxylation is 1. The van der Waals surface area contributed by atoms with E-state index in [1.54, 1.807) is 12.4 Å². The molecule has 1 aliphatic heterocycles. The van der Waals surface area contributed by atoms with Crippen molar-refractivity contribution in [1.82, 2.24) is 25.1 Å². The summed E-state index contributed by atoms with van der Waals surface area (Å²) in [6.45, 7) is 3.55. The largest absolute Gasteiger partial charge is 0.338 e. The van der Waals surface area contributed by atoms with Crippen molar-refractivity contribution in [3.8, 4) is 11.1 Å². The minimum atomic E-state index is 0.0217. The lowest BCUT2D eigenvalue weighted by Gasteiger charge is -2.32. The highest BCUT2D eigenvalue weighted by Crippen LogP contribution is 2.38. The third kappa shape index (κ3) is 3.67. The molecule has 5 rings (SSSR count). The molecule has 2 aliphatic rings. The number of nitrogens with one attached hydrogen (secondary N) is 1. The number of carbonyl (C=O) groups is 1. The zero-order valence-electron chi connectivity index (χ0n) is 16.6. The normalized spacial score (nSPS) is 19.3. The molecule has 1 aliphatic carbocycles. The maximum absolute atomic E-state index is 13.0. The van der Waals surface area contributed by atoms with Gasteiger partial charge in [-0.1, -0.05) is 29.8 Å². The van der Waals surface area contributed by atoms with E-state index >= 15 is 0 Å². The van der Waals surface area contributed by atoms with E-state index in [0.29, 0.717) is 18.0 Å². The van der Waals surface area contributed by atoms with Gasteiger partial charge in [-0.15, -0.1) is 0 Å². The van der Waals surface area contributed by atoms with Crippen LogP contribution in [-0.4, -0.2) is 44.1 Å². The van der Waals surface area contributed by atoms with E-state index in [9.17, 15) is 4.79 Å². The maximum atomic E-state index is 13.0. The second-order valence-electron chi connectivity index (χ2n) is 8.26. The molecule has 0 bridgehead atoms. The highest BCUT2D eigenvalue weighted by molar-refractivity contribution is 5.93. The predicted molar refractivity (Wildman–Crippen MR) is 111 cm³/mol. The number of likely N-dealkylation sites (tertiary alicyclic amines) is 1. The first-order chi connectivity index (χ1) is 14.2. The quantitative estimate of drug-likeness (QED) is 0.732. The summed E-state index contributed by atoms with van der Waals surface area (Å²) < 4.78 is 0. The van der Waals surface area contributed by atoms with Crippen molar-refractivity contribution in [2.45, 2.75) is 44.4 Å². The highest BCUT2D eigenvalue weighted by Gasteiger charge is 2.30. The van der Waals surface area contributed by atoms with Crippen molar-refractivity contribution in [2.75, 3.05) is 13.1 Å². The Morgan fingerprint density at radius 2 is 1.79 bits per heavy atom. The van der Waals surface area contributed by atoms with Crippen molar-refractivity contribution in [2.24, 2.45) is 0 Å². The summed E-state index contributed by atoms with van der Waals surface area (Å²) >= 11 is 0. The average molecular weight is 387 g/mol. The van der Waals surface area contributed by atoms with Gasteiger partial charge in [0.05, 0.1) is 11.8 Å². The van der Waals surface area contributed by atoms with E-state index in [-0.39, 0.29) is 11.8 Å². The number of carbonyl (C=O) groups excluding carboxylic acids is 1. The van der Waals surface area contributed by atoms with Gasteiger partial charge in [0.25, 0.3) is 5.91 Å². The van der Waals surface area contributed by atoms with E-state index in [1.807, 2.05) is 11.1 Å². The van der Waals surface area contributed by atoms with Gasteiger partial charge in [0, 0.05) is 48.6 Å². The first-order valence-corrected chi connectivity index (χ1v) is 10.4. The lowest BCUT2D eigenvalue weighted by Crippen LogP contribution is -2.39. The third-order valence-corrected chi connectivity index (χ3v) is 6.01. The number of rotatable bonds is 4. The predicted octanol–water partition coefficient (Wildman–Crippen LogP) is 4.07. The van der Waals surface area contributed by atoms with Crippen molar-refractivity contribution < 1.29 is 4.79 Å². The van der Waals surface area contributed by atoms with Crippen LogP contribution in [0, 0.1) is 6.92 Å². The number of H-pyrrole nitrogens is 1. The first-order valence-electron chi connectivity index (χ1n) is 10.4. The van der Waals surface area contributed by atoms with Crippen LogP contribution in [0.3, 0.4) is 0 Å². The van der Waals surface area contributed by atoms with Crippen LogP contribution in [-0.2, 0) is 0 Å². The van der Waals surface area contributed by atoms with Crippen LogP contribution >= 0.6 is 0 Å². The Bertz CT molecular complexity index is 1000. The number of piperidine rings is 1. The Balaban J connectivity index is 1.34. The summed E-state index contributed by atoms with van der Waals surface area (Å²) in [4.78, 5) is 23.8. The Labute approximate surface area is 170 Å². The number of aromatic amines is 1. The Morgan fingerprint density at radius 1 is 1.03 bits per heavy atom. The zero-order valence-corrected chi connectivity index (χ0v) is 16.6. The standard InChI is InChI=1S/C23H25N5O/c1-15-4-6-16(7-5-15)20-13-26-27-21(20)18-3-2-10-28(14-18)23(29)19-11-24-22(25-12-19)17-8-9-17/h4-7,11-13,17-18H,2-3,8-10,14H2,1H3,(H,26,27)/t18-/m1/s1. The minimum absolute atomic E-state index is 0.0217. The van der Waals surface area contributed by atoms with Crippen molar-refractivity contribution in [1.29, 1.82) is 0 Å². The SMILES string of the molecule is Cc1ccc(-c2cn[nH]c2[C@@H]2CCCN(C(=O)c3cnc(C4CC4)nc3)C2)cc1.